The molecule has 0 spiro atoms. The van der Waals surface area contributed by atoms with Crippen molar-refractivity contribution in [1.82, 2.24) is 31.5 Å². The maximum atomic E-state index is 12.9. The second-order valence-corrected chi connectivity index (χ2v) is 10.3. The third-order valence-electron chi connectivity index (χ3n) is 6.34. The molecule has 5 N–H and O–H groups in total. The Labute approximate surface area is 266 Å². The van der Waals surface area contributed by atoms with E-state index in [-0.39, 0.29) is 57.6 Å². The fourth-order valence-corrected chi connectivity index (χ4v) is 3.69. The van der Waals surface area contributed by atoms with E-state index < -0.39 is 67.0 Å². The number of rotatable bonds is 21. The Bertz CT molecular complexity index is 1270. The molecule has 16 heteroatoms. The molecule has 0 fully saturated rings. The molecule has 0 aromatic heterocycles. The lowest BCUT2D eigenvalue weighted by Crippen LogP contribution is -2.52. The van der Waals surface area contributed by atoms with Crippen molar-refractivity contribution < 1.29 is 47.8 Å². The van der Waals surface area contributed by atoms with Gasteiger partial charge in [-0.2, -0.15) is 0 Å². The summed E-state index contributed by atoms with van der Waals surface area (Å²) in [5.41, 5.74) is 0.737. The molecular weight excluding hydrogens is 604 g/mol. The van der Waals surface area contributed by atoms with E-state index in [1.54, 1.807) is 44.2 Å². The van der Waals surface area contributed by atoms with Gasteiger partial charge in [0.05, 0.1) is 39.4 Å². The number of hydrogen-bond donors (Lipinski definition) is 5. The topological polar surface area (TPSA) is 218 Å². The van der Waals surface area contributed by atoms with Crippen molar-refractivity contribution >= 4 is 47.1 Å². The molecule has 1 aromatic rings. The summed E-state index contributed by atoms with van der Waals surface area (Å²) in [6, 6.07) is 7.77. The van der Waals surface area contributed by atoms with Gasteiger partial charge < -0.3 is 36.1 Å². The molecule has 250 valence electrons. The minimum atomic E-state index is -1.07. The van der Waals surface area contributed by atoms with Crippen LogP contribution in [0.5, 0.6) is 0 Å². The molecule has 1 aromatic carbocycles. The van der Waals surface area contributed by atoms with Crippen LogP contribution in [-0.4, -0.2) is 111 Å². The highest BCUT2D eigenvalue weighted by Gasteiger charge is 2.23. The molecule has 16 nitrogen and oxygen atoms in total. The lowest BCUT2D eigenvalue weighted by Gasteiger charge is -2.19. The summed E-state index contributed by atoms with van der Waals surface area (Å²) in [5.74, 6) is -4.20. The van der Waals surface area contributed by atoms with E-state index >= 15 is 0 Å². The van der Waals surface area contributed by atoms with Crippen LogP contribution in [0.3, 0.4) is 0 Å². The third-order valence-corrected chi connectivity index (χ3v) is 6.34. The molecule has 1 atom stereocenters. The van der Waals surface area contributed by atoms with Crippen molar-refractivity contribution in [3.05, 3.63) is 48.0 Å². The molecule has 7 amide bonds. The van der Waals surface area contributed by atoms with E-state index in [9.17, 15) is 38.4 Å². The summed E-state index contributed by atoms with van der Waals surface area (Å²) in [7, 11) is 0. The van der Waals surface area contributed by atoms with Crippen LogP contribution in [0, 0.1) is 5.92 Å². The zero-order chi connectivity index (χ0) is 33.9. The van der Waals surface area contributed by atoms with Crippen molar-refractivity contribution in [2.75, 3.05) is 52.7 Å². The number of amides is 7. The first-order chi connectivity index (χ1) is 22.0. The first-order valence-electron chi connectivity index (χ1n) is 14.6. The molecule has 1 aliphatic heterocycles. The minimum Gasteiger partial charge on any atom is -0.379 e. The highest BCUT2D eigenvalue weighted by Crippen LogP contribution is 2.04. The summed E-state index contributed by atoms with van der Waals surface area (Å²) in [4.78, 5) is 97.1. The Kier molecular flexibility index (Phi) is 16.3. The van der Waals surface area contributed by atoms with Gasteiger partial charge >= 0.3 is 0 Å². The number of ketones is 1. The van der Waals surface area contributed by atoms with Crippen LogP contribution >= 0.6 is 0 Å². The average molecular weight is 645 g/mol. The van der Waals surface area contributed by atoms with Crippen LogP contribution in [0.15, 0.2) is 42.5 Å². The number of carbonyl (C=O) groups is 8. The number of ether oxygens (including phenoxy) is 2. The lowest BCUT2D eigenvalue weighted by molar-refractivity contribution is -0.138. The third kappa shape index (κ3) is 14.7. The van der Waals surface area contributed by atoms with Crippen molar-refractivity contribution in [2.24, 2.45) is 5.92 Å². The maximum Gasteiger partial charge on any atom is 0.253 e. The minimum absolute atomic E-state index is 0.000874. The Morgan fingerprint density at radius 1 is 0.739 bits per heavy atom. The first-order valence-corrected chi connectivity index (χ1v) is 14.6. The molecule has 0 aliphatic carbocycles. The molecule has 46 heavy (non-hydrogen) atoms. The van der Waals surface area contributed by atoms with E-state index in [2.05, 4.69) is 26.6 Å². The molecule has 0 unspecified atom stereocenters. The molecule has 0 saturated heterocycles. The summed E-state index contributed by atoms with van der Waals surface area (Å²) in [6.45, 7) is 1.90. The summed E-state index contributed by atoms with van der Waals surface area (Å²) in [5, 5.41) is 12.1. The molecular formula is C30H40N6O10. The van der Waals surface area contributed by atoms with E-state index in [0.29, 0.717) is 0 Å². The molecule has 0 bridgehead atoms. The van der Waals surface area contributed by atoms with Crippen molar-refractivity contribution in [2.45, 2.75) is 32.7 Å². The summed E-state index contributed by atoms with van der Waals surface area (Å²) < 4.78 is 10.4. The van der Waals surface area contributed by atoms with Gasteiger partial charge in [-0.15, -0.1) is 0 Å². The number of carbonyl (C=O) groups excluding carboxylic acids is 8. The van der Waals surface area contributed by atoms with Gasteiger partial charge in [0.25, 0.3) is 11.8 Å². The van der Waals surface area contributed by atoms with Crippen molar-refractivity contribution in [3.8, 4) is 0 Å². The van der Waals surface area contributed by atoms with E-state index in [0.717, 1.165) is 22.6 Å². The fraction of sp³-hybridized carbons (Fsp3) is 0.467. The second kappa shape index (κ2) is 20.1. The van der Waals surface area contributed by atoms with E-state index in [4.69, 9.17) is 9.47 Å². The van der Waals surface area contributed by atoms with E-state index in [1.165, 1.54) is 0 Å². The molecule has 0 radical (unpaired) electrons. The van der Waals surface area contributed by atoms with Crippen LogP contribution in [0.4, 0.5) is 0 Å². The van der Waals surface area contributed by atoms with Crippen LogP contribution in [0.2, 0.25) is 0 Å². The second-order valence-electron chi connectivity index (χ2n) is 10.3. The lowest BCUT2D eigenvalue weighted by atomic mass is 10.1. The van der Waals surface area contributed by atoms with Gasteiger partial charge in [0.2, 0.25) is 29.5 Å². The van der Waals surface area contributed by atoms with Crippen LogP contribution < -0.4 is 26.6 Å². The molecule has 2 rings (SSSR count). The SMILES string of the molecule is CC(C)C(=O)COCNC(=O)CNC(=O)[C@H](Cc1ccccc1)NC(=O)CNC(=O)CNC(=O)CCOCCN1C(=O)C=CC1=O. The molecule has 1 aliphatic rings. The number of nitrogens with one attached hydrogen (secondary N) is 5. The normalized spacial score (nSPS) is 12.9. The monoisotopic (exact) mass is 644 g/mol. The highest BCUT2D eigenvalue weighted by atomic mass is 16.5. The number of hydrogen-bond acceptors (Lipinski definition) is 10. The van der Waals surface area contributed by atoms with Gasteiger partial charge in [0.1, 0.15) is 19.4 Å². The van der Waals surface area contributed by atoms with Crippen LogP contribution in [0.25, 0.3) is 0 Å². The Morgan fingerprint density at radius 2 is 1.35 bits per heavy atom. The van der Waals surface area contributed by atoms with Gasteiger partial charge in [0, 0.05) is 30.9 Å². The molecule has 1 heterocycles. The summed E-state index contributed by atoms with van der Waals surface area (Å²) >= 11 is 0. The van der Waals surface area contributed by atoms with Gasteiger partial charge in [-0.25, -0.2) is 0 Å². The Balaban J connectivity index is 1.70. The number of imide groups is 1. The smallest absolute Gasteiger partial charge is 0.253 e. The van der Waals surface area contributed by atoms with Gasteiger partial charge in [-0.1, -0.05) is 44.2 Å². The quantitative estimate of drug-likeness (QED) is 0.0548. The van der Waals surface area contributed by atoms with Crippen molar-refractivity contribution in [1.29, 1.82) is 0 Å². The Morgan fingerprint density at radius 3 is 2.02 bits per heavy atom. The van der Waals surface area contributed by atoms with Crippen molar-refractivity contribution in [3.63, 3.8) is 0 Å². The zero-order valence-corrected chi connectivity index (χ0v) is 25.8. The van der Waals surface area contributed by atoms with Crippen LogP contribution in [0.1, 0.15) is 25.8 Å². The van der Waals surface area contributed by atoms with E-state index in [1.807, 2.05) is 0 Å². The number of benzene rings is 1. The number of nitrogens with zero attached hydrogens (tertiary/aromatic N) is 1. The largest absolute Gasteiger partial charge is 0.379 e. The van der Waals surface area contributed by atoms with Gasteiger partial charge in [0.15, 0.2) is 5.78 Å². The van der Waals surface area contributed by atoms with Gasteiger partial charge in [-0.05, 0) is 5.56 Å². The summed E-state index contributed by atoms with van der Waals surface area (Å²) in [6.07, 6.45) is 2.35. The Hall–Kier alpha value is -4.96. The predicted molar refractivity (Wildman–Crippen MR) is 161 cm³/mol. The first kappa shape index (κ1) is 37.2. The standard InChI is InChI=1S/C30H40N6O10/c1-20(2)23(37)18-46-19-34-26(40)16-33-30(44)22(14-21-6-4-3-5-7-21)35-27(41)17-32-25(39)15-31-24(38)10-12-45-13-11-36-28(42)8-9-29(36)43/h3-9,20,22H,10-19H2,1-2H3,(H,31,38)(H,32,39)(H,33,44)(H,34,40)(H,35,41)/t22-/m0/s1. The average Bonchev–Trinajstić information content (AvgIpc) is 3.35. The van der Waals surface area contributed by atoms with Crippen LogP contribution in [-0.2, 0) is 54.3 Å². The molecule has 0 saturated carbocycles. The predicted octanol–water partition coefficient (Wildman–Crippen LogP) is -2.29. The highest BCUT2D eigenvalue weighted by molar-refractivity contribution is 6.12. The zero-order valence-electron chi connectivity index (χ0n) is 25.8. The van der Waals surface area contributed by atoms with Gasteiger partial charge in [-0.3, -0.25) is 43.3 Å². The number of Topliss-reactive ketones (excluding diaryl/α,β-unsaturated/α-hetero) is 1. The fourth-order valence-electron chi connectivity index (χ4n) is 3.69. The maximum absolute atomic E-state index is 12.9.